The molecule has 10 nitrogen and oxygen atoms in total. The van der Waals surface area contributed by atoms with Crippen LogP contribution >= 0.6 is 0 Å². The molecule has 2 heterocycles. The number of nitrogens with one attached hydrogen (secondary N) is 2. The number of aliphatic carboxylic acids is 1. The summed E-state index contributed by atoms with van der Waals surface area (Å²) in [6, 6.07) is 14.5. The minimum atomic E-state index is -0.759. The third-order valence-electron chi connectivity index (χ3n) is 19.4. The summed E-state index contributed by atoms with van der Waals surface area (Å²) in [7, 11) is 5.57. The van der Waals surface area contributed by atoms with E-state index >= 15 is 0 Å². The molecule has 2 aromatic carbocycles. The van der Waals surface area contributed by atoms with Crippen molar-refractivity contribution in [1.82, 2.24) is 10.6 Å². The number of hydrogen-bond acceptors (Lipinski definition) is 5. The summed E-state index contributed by atoms with van der Waals surface area (Å²) in [5.41, 5.74) is 13.1. The van der Waals surface area contributed by atoms with E-state index < -0.39 is 5.97 Å². The van der Waals surface area contributed by atoms with Gasteiger partial charge in [0.05, 0.1) is 30.8 Å². The Morgan fingerprint density at radius 2 is 0.960 bits per heavy atom. The zero-order valence-electron chi connectivity index (χ0n) is 47.8. The quantitative estimate of drug-likeness (QED) is 0.128. The van der Waals surface area contributed by atoms with Crippen molar-refractivity contribution in [2.45, 2.75) is 229 Å². The van der Waals surface area contributed by atoms with Gasteiger partial charge in [-0.15, -0.1) is 0 Å². The van der Waals surface area contributed by atoms with E-state index in [1.54, 1.807) is 0 Å². The minimum absolute atomic E-state index is 0.0224. The topological polar surface area (TPSA) is 128 Å². The summed E-state index contributed by atoms with van der Waals surface area (Å²) >= 11 is 0. The average Bonchev–Trinajstić information content (AvgIpc) is 4.24. The molecule has 10 rings (SSSR count). The lowest BCUT2D eigenvalue weighted by Gasteiger charge is -2.33. The fourth-order valence-electron chi connectivity index (χ4n) is 13.1. The largest absolute Gasteiger partial charge is 0.481 e. The van der Waals surface area contributed by atoms with Crippen LogP contribution in [-0.2, 0) is 45.6 Å². The van der Waals surface area contributed by atoms with E-state index in [1.807, 2.05) is 0 Å². The number of methoxy groups -OCH3 is 1. The monoisotopic (exact) mass is 1020 g/mol. The van der Waals surface area contributed by atoms with Gasteiger partial charge in [-0.05, 0) is 144 Å². The van der Waals surface area contributed by atoms with Crippen molar-refractivity contribution in [3.05, 3.63) is 93.3 Å². The lowest BCUT2D eigenvalue weighted by atomic mass is 9.78. The molecule has 2 atom stereocenters. The van der Waals surface area contributed by atoms with Gasteiger partial charge in [-0.1, -0.05) is 130 Å². The molecule has 3 N–H and O–H groups in total. The number of amides is 2. The summed E-state index contributed by atoms with van der Waals surface area (Å²) < 4.78 is 9.22. The Hall–Kier alpha value is -4.86. The van der Waals surface area contributed by atoms with Crippen molar-refractivity contribution in [3.63, 3.8) is 0 Å². The van der Waals surface area contributed by atoms with Crippen LogP contribution in [-0.4, -0.2) is 82.7 Å². The van der Waals surface area contributed by atoms with Gasteiger partial charge in [0.15, 0.2) is 11.4 Å². The molecular weight excluding hydrogens is 933 g/mol. The number of carboxylic acids is 1. The molecule has 75 heavy (non-hydrogen) atoms. The van der Waals surface area contributed by atoms with E-state index in [4.69, 9.17) is 4.74 Å². The molecule has 8 aliphatic rings. The molecule has 6 fully saturated rings. The van der Waals surface area contributed by atoms with Crippen molar-refractivity contribution in [2.75, 3.05) is 21.2 Å². The minimum Gasteiger partial charge on any atom is -0.481 e. The molecule has 0 aromatic heterocycles. The van der Waals surface area contributed by atoms with Gasteiger partial charge in [0.25, 0.3) is 11.4 Å². The first-order valence-electron chi connectivity index (χ1n) is 29.3. The van der Waals surface area contributed by atoms with E-state index in [1.165, 1.54) is 142 Å². The predicted octanol–water partition coefficient (Wildman–Crippen LogP) is 12.2. The summed E-state index contributed by atoms with van der Waals surface area (Å²) in [6.45, 7) is 18.5. The normalized spacial score (nSPS) is 27.2. The first-order chi connectivity index (χ1) is 35.4. The zero-order valence-corrected chi connectivity index (χ0v) is 47.8. The van der Waals surface area contributed by atoms with Crippen LogP contribution in [0, 0.1) is 23.7 Å². The van der Waals surface area contributed by atoms with Crippen LogP contribution in [0.1, 0.15) is 229 Å². The SMILES string of the molecule is COC(=O)C1CC(NC(=O)C2=CC(c3cc(C(C)(C)C)cc(C4(C)CC4)c3)C(CC3CCCCC3)=[N+]2C)C1.C[N+]1=C(CC2CCCCC2)C(c2cc(C(C)(C)C)cc(C3(C)CC3)c2)C=C1C(=O)NC1CC(C(=O)O)C1. The van der Waals surface area contributed by atoms with E-state index in [-0.39, 0.29) is 75.2 Å². The van der Waals surface area contributed by atoms with Crippen LogP contribution in [0.15, 0.2) is 59.9 Å². The molecule has 406 valence electrons. The Balaban J connectivity index is 0.000000184. The number of nitrogens with zero attached hydrogens (tertiary/aromatic N) is 2. The summed E-state index contributed by atoms with van der Waals surface area (Å²) in [4.78, 5) is 50.0. The molecule has 0 saturated heterocycles. The second-order valence-corrected chi connectivity index (χ2v) is 27.4. The fraction of sp³-hybridized carbons (Fsp3) is 0.662. The summed E-state index contributed by atoms with van der Waals surface area (Å²) in [5.74, 6) is 0.149. The highest BCUT2D eigenvalue weighted by Gasteiger charge is 2.46. The first kappa shape index (κ1) is 54.9. The van der Waals surface area contributed by atoms with Crippen LogP contribution in [0.2, 0.25) is 0 Å². The van der Waals surface area contributed by atoms with Crippen LogP contribution in [0.4, 0.5) is 0 Å². The first-order valence-corrected chi connectivity index (χ1v) is 29.3. The zero-order chi connectivity index (χ0) is 53.8. The van der Waals surface area contributed by atoms with E-state index in [9.17, 15) is 24.3 Å². The van der Waals surface area contributed by atoms with Crippen molar-refractivity contribution >= 4 is 35.2 Å². The smallest absolute Gasteiger partial charge is 0.315 e. The van der Waals surface area contributed by atoms with Crippen LogP contribution in [0.3, 0.4) is 0 Å². The van der Waals surface area contributed by atoms with Crippen molar-refractivity contribution in [2.24, 2.45) is 23.7 Å². The maximum absolute atomic E-state index is 13.5. The summed E-state index contributed by atoms with van der Waals surface area (Å²) in [6.07, 6.45) is 26.9. The van der Waals surface area contributed by atoms with Crippen LogP contribution in [0.5, 0.6) is 0 Å². The molecular formula is C65H92N4O6+2. The molecule has 2 aromatic rings. The molecule has 6 aliphatic carbocycles. The number of carbonyl (C=O) groups is 4. The molecule has 2 aliphatic heterocycles. The van der Waals surface area contributed by atoms with Crippen molar-refractivity contribution in [1.29, 1.82) is 0 Å². The number of allylic oxidation sites excluding steroid dienone is 2. The summed E-state index contributed by atoms with van der Waals surface area (Å²) in [5, 5.41) is 15.5. The number of esters is 1. The van der Waals surface area contributed by atoms with Crippen molar-refractivity contribution in [3.8, 4) is 0 Å². The van der Waals surface area contributed by atoms with Gasteiger partial charge in [-0.3, -0.25) is 19.2 Å². The fourth-order valence-corrected chi connectivity index (χ4v) is 13.1. The van der Waals surface area contributed by atoms with Crippen LogP contribution in [0.25, 0.3) is 0 Å². The van der Waals surface area contributed by atoms with Gasteiger partial charge in [-0.25, -0.2) is 0 Å². The van der Waals surface area contributed by atoms with Gasteiger partial charge in [0.1, 0.15) is 14.1 Å². The molecule has 6 saturated carbocycles. The number of ether oxygens (including phenoxy) is 1. The predicted molar refractivity (Wildman–Crippen MR) is 299 cm³/mol. The molecule has 0 bridgehead atoms. The Morgan fingerprint density at radius 3 is 1.29 bits per heavy atom. The Morgan fingerprint density at radius 1 is 0.587 bits per heavy atom. The second-order valence-electron chi connectivity index (χ2n) is 27.4. The van der Waals surface area contributed by atoms with E-state index in [0.29, 0.717) is 37.5 Å². The van der Waals surface area contributed by atoms with Gasteiger partial charge < -0.3 is 20.5 Å². The maximum atomic E-state index is 13.5. The van der Waals surface area contributed by atoms with Gasteiger partial charge in [0.2, 0.25) is 0 Å². The van der Waals surface area contributed by atoms with E-state index in [2.05, 4.69) is 138 Å². The Bertz CT molecular complexity index is 2610. The van der Waals surface area contributed by atoms with Gasteiger partial charge in [0, 0.05) is 37.1 Å². The number of likely N-dealkylation sites (N-methyl/N-ethyl adjacent to an activating group) is 2. The average molecular weight is 1030 g/mol. The number of carboxylic acid groups (broad SMARTS) is 1. The third-order valence-corrected chi connectivity index (χ3v) is 19.4. The highest BCUT2D eigenvalue weighted by Crippen LogP contribution is 2.51. The molecule has 0 spiro atoms. The molecule has 2 unspecified atom stereocenters. The number of hydrogen-bond donors (Lipinski definition) is 3. The third kappa shape index (κ3) is 12.3. The number of rotatable bonds is 14. The molecule has 10 heteroatoms. The number of carbonyl (C=O) groups excluding carboxylic acids is 3. The molecule has 0 radical (unpaired) electrons. The highest BCUT2D eigenvalue weighted by atomic mass is 16.5. The van der Waals surface area contributed by atoms with Gasteiger partial charge in [-0.2, -0.15) is 9.15 Å². The van der Waals surface area contributed by atoms with Crippen molar-refractivity contribution < 1.29 is 38.2 Å². The number of benzene rings is 2. The second kappa shape index (κ2) is 21.5. The lowest BCUT2D eigenvalue weighted by molar-refractivity contribution is -0.436. The Labute approximate surface area is 449 Å². The van der Waals surface area contributed by atoms with E-state index in [0.717, 1.165) is 24.2 Å². The highest BCUT2D eigenvalue weighted by molar-refractivity contribution is 6.00. The standard InChI is InChI=1S/C33H46N2O3.C32H44N2O3/c1-32(2,3)24-15-22(16-25(19-24)33(4)12-13-33)27-20-29(30(36)34-26-17-23(18-26)31(37)38-6)35(5)28(27)14-21-10-8-7-9-11-21;1-31(2,3)23-14-21(15-24(18-23)32(4)11-12-32)26-19-28(29(35)33-25-16-22(17-25)30(36)37)34(5)27(26)13-20-9-7-6-8-10-20/h15-16,19-21,23,26-27H,7-14,17-18H2,1-6H3;14-15,18-20,22,25-26H,6-13,16-17H2,1-5H3,(H-,33,35,36,37)/p+2. The van der Waals surface area contributed by atoms with Gasteiger partial charge >= 0.3 is 23.8 Å². The van der Waals surface area contributed by atoms with Crippen LogP contribution < -0.4 is 10.6 Å². The lowest BCUT2D eigenvalue weighted by Crippen LogP contribution is -2.48. The molecule has 2 amide bonds. The Kier molecular flexibility index (Phi) is 15.8. The maximum Gasteiger partial charge on any atom is 0.315 e.